The van der Waals surface area contributed by atoms with Gasteiger partial charge in [-0.1, -0.05) is 19.1 Å². The molecule has 2 N–H and O–H groups in total. The van der Waals surface area contributed by atoms with E-state index < -0.39 is 0 Å². The molecule has 0 saturated heterocycles. The van der Waals surface area contributed by atoms with Gasteiger partial charge in [-0.2, -0.15) is 0 Å². The number of nitrogens with one attached hydrogen (secondary N) is 2. The minimum atomic E-state index is -0.0293. The lowest BCUT2D eigenvalue weighted by Crippen LogP contribution is -2.33. The number of carbonyl (C=O) groups excluding carboxylic acids is 1. The molecular formula is C16H25N3O. The van der Waals surface area contributed by atoms with Gasteiger partial charge in [0.1, 0.15) is 0 Å². The number of carbonyl (C=O) groups is 1. The highest BCUT2D eigenvalue weighted by atomic mass is 16.2. The average molecular weight is 275 g/mol. The van der Waals surface area contributed by atoms with Gasteiger partial charge in [0.15, 0.2) is 0 Å². The molecule has 0 heterocycles. The first kappa shape index (κ1) is 14.9. The van der Waals surface area contributed by atoms with Crippen molar-refractivity contribution in [1.29, 1.82) is 0 Å². The summed E-state index contributed by atoms with van der Waals surface area (Å²) in [5.41, 5.74) is 2.02. The van der Waals surface area contributed by atoms with E-state index >= 15 is 0 Å². The number of hydrogen-bond acceptors (Lipinski definition) is 2. The van der Waals surface area contributed by atoms with E-state index in [9.17, 15) is 4.79 Å². The fourth-order valence-corrected chi connectivity index (χ4v) is 2.36. The lowest BCUT2D eigenvalue weighted by molar-refractivity contribution is 0.220. The Morgan fingerprint density at radius 3 is 2.80 bits per heavy atom. The zero-order valence-electron chi connectivity index (χ0n) is 12.8. The monoisotopic (exact) mass is 275 g/mol. The van der Waals surface area contributed by atoms with Gasteiger partial charge in [0.05, 0.1) is 0 Å². The molecule has 4 heteroatoms. The van der Waals surface area contributed by atoms with Crippen molar-refractivity contribution in [2.24, 2.45) is 11.8 Å². The van der Waals surface area contributed by atoms with Crippen molar-refractivity contribution in [3.8, 4) is 0 Å². The molecule has 0 bridgehead atoms. The van der Waals surface area contributed by atoms with Crippen molar-refractivity contribution >= 4 is 11.7 Å². The molecule has 1 fully saturated rings. The second-order valence-corrected chi connectivity index (χ2v) is 5.92. The number of benzene rings is 1. The van der Waals surface area contributed by atoms with Gasteiger partial charge in [0.25, 0.3) is 0 Å². The summed E-state index contributed by atoms with van der Waals surface area (Å²) in [7, 11) is 3.79. The summed E-state index contributed by atoms with van der Waals surface area (Å²) in [5.74, 6) is 1.45. The Labute approximate surface area is 121 Å². The topological polar surface area (TPSA) is 44.4 Å². The lowest BCUT2D eigenvalue weighted by atomic mass is 10.1. The van der Waals surface area contributed by atoms with Crippen molar-refractivity contribution < 1.29 is 4.79 Å². The Bertz CT molecular complexity index is 475. The van der Waals surface area contributed by atoms with E-state index in [2.05, 4.69) is 30.5 Å². The quantitative estimate of drug-likeness (QED) is 0.867. The third-order valence-electron chi connectivity index (χ3n) is 4.20. The standard InChI is InChI=1S/C16H25N3O/c1-11-8-14(11)10-19(4)16(20)18-15-7-5-6-13(9-15)12(2)17-3/h5-7,9,11-12,14,17H,8,10H2,1-4H3,(H,18,20). The van der Waals surface area contributed by atoms with E-state index in [1.807, 2.05) is 32.3 Å². The van der Waals surface area contributed by atoms with Crippen LogP contribution in [0.15, 0.2) is 24.3 Å². The predicted octanol–water partition coefficient (Wildman–Crippen LogP) is 3.09. The van der Waals surface area contributed by atoms with Crippen molar-refractivity contribution in [3.63, 3.8) is 0 Å². The molecular weight excluding hydrogens is 250 g/mol. The molecule has 1 aromatic rings. The molecule has 0 aromatic heterocycles. The number of hydrogen-bond donors (Lipinski definition) is 2. The molecule has 3 unspecified atom stereocenters. The van der Waals surface area contributed by atoms with Crippen molar-refractivity contribution in [2.45, 2.75) is 26.3 Å². The summed E-state index contributed by atoms with van der Waals surface area (Å²) < 4.78 is 0. The Balaban J connectivity index is 1.93. The maximum Gasteiger partial charge on any atom is 0.321 e. The minimum absolute atomic E-state index is 0.0293. The van der Waals surface area contributed by atoms with Crippen LogP contribution in [0.5, 0.6) is 0 Å². The number of urea groups is 1. The van der Waals surface area contributed by atoms with Crippen LogP contribution in [0.25, 0.3) is 0 Å². The van der Waals surface area contributed by atoms with Gasteiger partial charge in [0.2, 0.25) is 0 Å². The van der Waals surface area contributed by atoms with Gasteiger partial charge in [-0.15, -0.1) is 0 Å². The van der Waals surface area contributed by atoms with E-state index in [0.29, 0.717) is 5.92 Å². The Kier molecular flexibility index (Phi) is 4.65. The van der Waals surface area contributed by atoms with E-state index in [0.717, 1.165) is 18.2 Å². The van der Waals surface area contributed by atoms with Crippen molar-refractivity contribution in [1.82, 2.24) is 10.2 Å². The van der Waals surface area contributed by atoms with Crippen LogP contribution in [0.3, 0.4) is 0 Å². The van der Waals surface area contributed by atoms with Crippen LogP contribution in [-0.4, -0.2) is 31.6 Å². The third kappa shape index (κ3) is 3.73. The molecule has 4 nitrogen and oxygen atoms in total. The van der Waals surface area contributed by atoms with Gasteiger partial charge in [-0.05, 0) is 49.9 Å². The van der Waals surface area contributed by atoms with Gasteiger partial charge in [0, 0.05) is 25.3 Å². The van der Waals surface area contributed by atoms with Crippen LogP contribution in [0.1, 0.15) is 31.9 Å². The first-order chi connectivity index (χ1) is 9.51. The minimum Gasteiger partial charge on any atom is -0.327 e. The maximum absolute atomic E-state index is 12.1. The molecule has 0 radical (unpaired) electrons. The Morgan fingerprint density at radius 1 is 1.50 bits per heavy atom. The largest absolute Gasteiger partial charge is 0.327 e. The van der Waals surface area contributed by atoms with Crippen LogP contribution < -0.4 is 10.6 Å². The molecule has 1 aromatic carbocycles. The second kappa shape index (κ2) is 6.27. The fraction of sp³-hybridized carbons (Fsp3) is 0.562. The van der Waals surface area contributed by atoms with Crippen LogP contribution in [0.2, 0.25) is 0 Å². The van der Waals surface area contributed by atoms with E-state index in [-0.39, 0.29) is 12.1 Å². The van der Waals surface area contributed by atoms with Crippen LogP contribution in [-0.2, 0) is 0 Å². The van der Waals surface area contributed by atoms with Crippen LogP contribution in [0.4, 0.5) is 10.5 Å². The summed E-state index contributed by atoms with van der Waals surface area (Å²) in [5, 5.41) is 6.17. The molecule has 2 rings (SSSR count). The zero-order chi connectivity index (χ0) is 14.7. The molecule has 3 atom stereocenters. The lowest BCUT2D eigenvalue weighted by Gasteiger charge is -2.19. The summed E-state index contributed by atoms with van der Waals surface area (Å²) in [4.78, 5) is 13.9. The smallest absolute Gasteiger partial charge is 0.321 e. The first-order valence-corrected chi connectivity index (χ1v) is 7.30. The summed E-state index contributed by atoms with van der Waals surface area (Å²) in [6.07, 6.45) is 1.24. The molecule has 0 aliphatic heterocycles. The molecule has 1 saturated carbocycles. The fourth-order valence-electron chi connectivity index (χ4n) is 2.36. The normalized spacial score (nSPS) is 22.2. The number of anilines is 1. The van der Waals surface area contributed by atoms with Gasteiger partial charge < -0.3 is 15.5 Å². The first-order valence-electron chi connectivity index (χ1n) is 7.30. The van der Waals surface area contributed by atoms with E-state index in [1.165, 1.54) is 12.0 Å². The number of nitrogens with zero attached hydrogens (tertiary/aromatic N) is 1. The summed E-state index contributed by atoms with van der Waals surface area (Å²) >= 11 is 0. The highest BCUT2D eigenvalue weighted by Crippen LogP contribution is 2.38. The Hall–Kier alpha value is -1.55. The van der Waals surface area contributed by atoms with Gasteiger partial charge in [-0.25, -0.2) is 4.79 Å². The highest BCUT2D eigenvalue weighted by molar-refractivity contribution is 5.89. The number of amides is 2. The molecule has 110 valence electrons. The molecule has 20 heavy (non-hydrogen) atoms. The Morgan fingerprint density at radius 2 is 2.20 bits per heavy atom. The number of rotatable bonds is 5. The van der Waals surface area contributed by atoms with E-state index in [1.54, 1.807) is 4.90 Å². The van der Waals surface area contributed by atoms with Crippen LogP contribution >= 0.6 is 0 Å². The van der Waals surface area contributed by atoms with Gasteiger partial charge in [-0.3, -0.25) is 0 Å². The summed E-state index contributed by atoms with van der Waals surface area (Å²) in [6.45, 7) is 5.18. The molecule has 2 amide bonds. The molecule has 0 spiro atoms. The van der Waals surface area contributed by atoms with Crippen LogP contribution in [0, 0.1) is 11.8 Å². The van der Waals surface area contributed by atoms with Crippen molar-refractivity contribution in [2.75, 3.05) is 26.0 Å². The average Bonchev–Trinajstić information content (AvgIpc) is 3.13. The molecule has 1 aliphatic carbocycles. The molecule has 1 aliphatic rings. The van der Waals surface area contributed by atoms with Gasteiger partial charge >= 0.3 is 6.03 Å². The SMILES string of the molecule is CNC(C)c1cccc(NC(=O)N(C)CC2CC2C)c1. The third-order valence-corrected chi connectivity index (χ3v) is 4.20. The van der Waals surface area contributed by atoms with E-state index in [4.69, 9.17) is 0 Å². The second-order valence-electron chi connectivity index (χ2n) is 5.92. The highest BCUT2D eigenvalue weighted by Gasteiger charge is 2.34. The summed E-state index contributed by atoms with van der Waals surface area (Å²) in [6, 6.07) is 8.23. The van der Waals surface area contributed by atoms with Crippen molar-refractivity contribution in [3.05, 3.63) is 29.8 Å². The predicted molar refractivity (Wildman–Crippen MR) is 82.8 cm³/mol. The maximum atomic E-state index is 12.1. The zero-order valence-corrected chi connectivity index (χ0v) is 12.8.